The lowest BCUT2D eigenvalue weighted by Gasteiger charge is -2.35. The van der Waals surface area contributed by atoms with E-state index in [9.17, 15) is 33.2 Å². The van der Waals surface area contributed by atoms with Crippen LogP contribution in [0.4, 0.5) is 8.78 Å². The number of amides is 4. The van der Waals surface area contributed by atoms with Crippen LogP contribution in [0.25, 0.3) is 0 Å². The number of hydrogen-bond acceptors (Lipinski definition) is 5. The smallest absolute Gasteiger partial charge is 0.248 e. The first-order chi connectivity index (χ1) is 18.4. The fourth-order valence-electron chi connectivity index (χ4n) is 7.59. The molecule has 9 nitrogen and oxygen atoms in total. The molecular formula is C28H39F2N5O4. The summed E-state index contributed by atoms with van der Waals surface area (Å²) in [4.78, 5) is 54.7. The van der Waals surface area contributed by atoms with Gasteiger partial charge in [-0.05, 0) is 55.3 Å². The highest BCUT2D eigenvalue weighted by molar-refractivity contribution is 5.94. The number of alkyl halides is 2. The molecule has 0 aromatic rings. The molecule has 3 N–H and O–H groups in total. The summed E-state index contributed by atoms with van der Waals surface area (Å²) < 4.78 is 27.3. The van der Waals surface area contributed by atoms with Crippen LogP contribution in [-0.2, 0) is 19.2 Å². The normalized spacial score (nSPS) is 38.3. The summed E-state index contributed by atoms with van der Waals surface area (Å²) in [7, 11) is 0. The molecule has 11 heteroatoms. The Balaban J connectivity index is 1.37. The molecule has 214 valence electrons. The Morgan fingerprint density at radius 3 is 2.46 bits per heavy atom. The molecule has 3 heterocycles. The molecule has 5 fully saturated rings. The minimum Gasteiger partial charge on any atom is -0.356 e. The van der Waals surface area contributed by atoms with E-state index in [1.807, 2.05) is 0 Å². The molecule has 0 aromatic carbocycles. The molecule has 2 aliphatic carbocycles. The number of nitrogens with zero attached hydrogens (tertiary/aromatic N) is 2. The van der Waals surface area contributed by atoms with Crippen LogP contribution < -0.4 is 16.0 Å². The van der Waals surface area contributed by atoms with Crippen molar-refractivity contribution in [1.82, 2.24) is 20.9 Å². The van der Waals surface area contributed by atoms with Gasteiger partial charge in [0.1, 0.15) is 18.1 Å². The zero-order valence-electron chi connectivity index (χ0n) is 22.7. The maximum atomic E-state index is 13.9. The van der Waals surface area contributed by atoms with E-state index in [1.165, 1.54) is 0 Å². The molecule has 39 heavy (non-hydrogen) atoms. The molecule has 3 saturated heterocycles. The average Bonchev–Trinajstić information content (AvgIpc) is 3.20. The van der Waals surface area contributed by atoms with Crippen LogP contribution in [0.1, 0.15) is 71.6 Å². The molecule has 0 spiro atoms. The van der Waals surface area contributed by atoms with Crippen molar-refractivity contribution in [2.45, 2.75) is 95.7 Å². The summed E-state index contributed by atoms with van der Waals surface area (Å²) in [6, 6.07) is -0.336. The minimum atomic E-state index is -2.75. The van der Waals surface area contributed by atoms with E-state index in [0.717, 1.165) is 6.42 Å². The van der Waals surface area contributed by atoms with Gasteiger partial charge in [0.05, 0.1) is 6.07 Å². The van der Waals surface area contributed by atoms with Crippen LogP contribution in [0.5, 0.6) is 0 Å². The van der Waals surface area contributed by atoms with Crippen molar-refractivity contribution < 1.29 is 28.0 Å². The zero-order valence-corrected chi connectivity index (χ0v) is 22.7. The number of carbonyl (C=O) groups excluding carboxylic acids is 4. The second kappa shape index (κ2) is 10.3. The number of nitriles is 1. The van der Waals surface area contributed by atoms with Gasteiger partial charge in [0, 0.05) is 37.8 Å². The summed E-state index contributed by atoms with van der Waals surface area (Å²) >= 11 is 0. The molecule has 0 radical (unpaired) electrons. The zero-order chi connectivity index (χ0) is 28.1. The average molecular weight is 548 g/mol. The van der Waals surface area contributed by atoms with Crippen molar-refractivity contribution in [3.05, 3.63) is 0 Å². The first-order valence-electron chi connectivity index (χ1n) is 14.4. The predicted octanol–water partition coefficient (Wildman–Crippen LogP) is 2.11. The van der Waals surface area contributed by atoms with Crippen LogP contribution in [0, 0.1) is 46.3 Å². The van der Waals surface area contributed by atoms with Crippen LogP contribution in [0.15, 0.2) is 0 Å². The van der Waals surface area contributed by atoms with Crippen molar-refractivity contribution in [2.24, 2.45) is 35.0 Å². The Kier molecular flexibility index (Phi) is 7.36. The monoisotopic (exact) mass is 547 g/mol. The maximum Gasteiger partial charge on any atom is 0.248 e. The van der Waals surface area contributed by atoms with Crippen molar-refractivity contribution in [2.75, 3.05) is 13.1 Å². The lowest BCUT2D eigenvalue weighted by Crippen LogP contribution is -2.57. The number of fused-ring (bicyclic) bond motifs is 4. The summed E-state index contributed by atoms with van der Waals surface area (Å²) in [6.07, 6.45) is 2.15. The molecule has 4 amide bonds. The first-order valence-corrected chi connectivity index (χ1v) is 14.4. The Bertz CT molecular complexity index is 1060. The Hall–Kier alpha value is -2.77. The van der Waals surface area contributed by atoms with Gasteiger partial charge in [0.15, 0.2) is 0 Å². The van der Waals surface area contributed by atoms with E-state index in [-0.39, 0.29) is 78.9 Å². The molecular weight excluding hydrogens is 508 g/mol. The van der Waals surface area contributed by atoms with E-state index in [2.05, 4.69) is 35.9 Å². The molecule has 0 bridgehead atoms. The molecule has 0 aromatic heterocycles. The molecule has 5 aliphatic rings. The first kappa shape index (κ1) is 27.8. The third kappa shape index (κ3) is 5.36. The van der Waals surface area contributed by atoms with Crippen LogP contribution in [0.2, 0.25) is 0 Å². The topological polar surface area (TPSA) is 131 Å². The van der Waals surface area contributed by atoms with Crippen LogP contribution in [-0.4, -0.2) is 65.7 Å². The second-order valence-electron chi connectivity index (χ2n) is 12.9. The van der Waals surface area contributed by atoms with Gasteiger partial charge in [0.2, 0.25) is 29.6 Å². The highest BCUT2D eigenvalue weighted by atomic mass is 19.3. The van der Waals surface area contributed by atoms with E-state index in [1.54, 1.807) is 4.90 Å². The minimum absolute atomic E-state index is 0.0237. The fraction of sp³-hybridized carbons (Fsp3) is 0.821. The van der Waals surface area contributed by atoms with Gasteiger partial charge < -0.3 is 20.9 Å². The number of rotatable bonds is 2. The molecule has 1 unspecified atom stereocenters. The third-order valence-corrected chi connectivity index (χ3v) is 10.2. The second-order valence-corrected chi connectivity index (χ2v) is 12.9. The Morgan fingerprint density at radius 2 is 1.77 bits per heavy atom. The van der Waals surface area contributed by atoms with Crippen molar-refractivity contribution in [3.63, 3.8) is 0 Å². The fourth-order valence-corrected chi connectivity index (χ4v) is 7.59. The van der Waals surface area contributed by atoms with Gasteiger partial charge >= 0.3 is 0 Å². The van der Waals surface area contributed by atoms with Gasteiger partial charge in [-0.15, -0.1) is 0 Å². The number of carbonyl (C=O) groups is 4. The molecule has 2 saturated carbocycles. The molecule has 5 rings (SSSR count). The summed E-state index contributed by atoms with van der Waals surface area (Å²) in [6.45, 7) is 5.03. The summed E-state index contributed by atoms with van der Waals surface area (Å²) in [5.74, 6) is -4.81. The van der Waals surface area contributed by atoms with E-state index in [0.29, 0.717) is 32.4 Å². The highest BCUT2D eigenvalue weighted by Crippen LogP contribution is 2.65. The Morgan fingerprint density at radius 1 is 1.08 bits per heavy atom. The van der Waals surface area contributed by atoms with Gasteiger partial charge in [-0.1, -0.05) is 26.7 Å². The quantitative estimate of drug-likeness (QED) is 0.487. The molecule has 3 aliphatic heterocycles. The lowest BCUT2D eigenvalue weighted by molar-refractivity contribution is -0.144. The van der Waals surface area contributed by atoms with Crippen LogP contribution >= 0.6 is 0 Å². The van der Waals surface area contributed by atoms with E-state index in [4.69, 9.17) is 0 Å². The largest absolute Gasteiger partial charge is 0.356 e. The van der Waals surface area contributed by atoms with Gasteiger partial charge in [-0.2, -0.15) is 5.26 Å². The van der Waals surface area contributed by atoms with Gasteiger partial charge in [-0.25, -0.2) is 8.78 Å². The van der Waals surface area contributed by atoms with Crippen LogP contribution in [0.3, 0.4) is 0 Å². The molecule has 7 atom stereocenters. The van der Waals surface area contributed by atoms with E-state index < -0.39 is 35.9 Å². The number of halogens is 2. The number of hydrogen-bond donors (Lipinski definition) is 3. The number of piperidine rings is 1. The van der Waals surface area contributed by atoms with Crippen molar-refractivity contribution in [3.8, 4) is 6.07 Å². The maximum absolute atomic E-state index is 13.9. The number of nitrogens with one attached hydrogen (secondary N) is 3. The highest BCUT2D eigenvalue weighted by Gasteiger charge is 2.69. The predicted molar refractivity (Wildman–Crippen MR) is 136 cm³/mol. The SMILES string of the molecule is CC1(C)C2CN3C(=O)[C@@H](NC(=O)C4CCC(F)(F)CC4)CCCC[C@H]4CNC(=O)[C@H]4C[C@@H](C#N)NC(=O)[C@@H]3[C@H]21. The Labute approximate surface area is 227 Å². The van der Waals surface area contributed by atoms with Gasteiger partial charge in [0.25, 0.3) is 0 Å². The van der Waals surface area contributed by atoms with E-state index >= 15 is 0 Å². The van der Waals surface area contributed by atoms with Crippen molar-refractivity contribution in [1.29, 1.82) is 5.26 Å². The third-order valence-electron chi connectivity index (χ3n) is 10.2. The van der Waals surface area contributed by atoms with Crippen molar-refractivity contribution >= 4 is 23.6 Å². The lowest BCUT2D eigenvalue weighted by atomic mass is 9.85. The summed E-state index contributed by atoms with van der Waals surface area (Å²) in [5.41, 5.74) is -0.130. The standard InChI is InChI=1S/C28H39F2N5O4/c1-27(2)19-14-35-22(21(19)27)25(38)33-17(12-31)11-18-16(13-32-24(18)37)5-3-4-6-20(26(35)39)34-23(36)15-7-9-28(29,30)10-8-15/h15-22H,3-11,13-14H2,1-2H3,(H,32,37)(H,33,38)(H,34,36)/t16-,17-,18-,19?,20-,21-,22-/m0/s1. The summed E-state index contributed by atoms with van der Waals surface area (Å²) in [5, 5.41) is 18.4. The van der Waals surface area contributed by atoms with Gasteiger partial charge in [-0.3, -0.25) is 19.2 Å².